The number of benzene rings is 1. The van der Waals surface area contributed by atoms with Crippen LogP contribution in [0.4, 0.5) is 10.5 Å². The third-order valence-corrected chi connectivity index (χ3v) is 5.70. The predicted molar refractivity (Wildman–Crippen MR) is 98.1 cm³/mol. The van der Waals surface area contributed by atoms with Crippen LogP contribution in [-0.2, 0) is 0 Å². The van der Waals surface area contributed by atoms with Crippen LogP contribution in [0, 0.1) is 18.4 Å². The second-order valence-corrected chi connectivity index (χ2v) is 7.42. The minimum atomic E-state index is -0.474. The van der Waals surface area contributed by atoms with Crippen LogP contribution in [0.25, 0.3) is 15.6 Å². The normalized spacial score (nSPS) is 26.2. The second kappa shape index (κ2) is 6.03. The number of aromatic nitrogens is 1. The number of hydrogen-bond acceptors (Lipinski definition) is 2. The van der Waals surface area contributed by atoms with Crippen LogP contribution >= 0.6 is 0 Å². The first-order valence-corrected chi connectivity index (χ1v) is 8.89. The molecule has 5 nitrogen and oxygen atoms in total. The Labute approximate surface area is 148 Å². The van der Waals surface area contributed by atoms with Gasteiger partial charge in [0.15, 0.2) is 0 Å². The third-order valence-electron chi connectivity index (χ3n) is 5.70. The molecule has 1 atom stereocenters. The molecule has 128 valence electrons. The van der Waals surface area contributed by atoms with Gasteiger partial charge in [-0.05, 0) is 24.7 Å². The molecule has 4 rings (SSSR count). The Bertz CT molecular complexity index is 845. The van der Waals surface area contributed by atoms with Gasteiger partial charge in [-0.25, -0.2) is 16.3 Å². The molecule has 0 unspecified atom stereocenters. The van der Waals surface area contributed by atoms with Gasteiger partial charge in [0.1, 0.15) is 6.54 Å². The molecule has 0 bridgehead atoms. The lowest BCUT2D eigenvalue weighted by molar-refractivity contribution is 0.0900. The summed E-state index contributed by atoms with van der Waals surface area (Å²) in [6.45, 7) is 12.5. The largest absolute Gasteiger partial charge is 0.331 e. The number of anilines is 1. The number of rotatable bonds is 3. The molecular weight excluding hydrogens is 312 g/mol. The van der Waals surface area contributed by atoms with E-state index in [1.807, 2.05) is 29.2 Å². The number of amides is 2. The van der Waals surface area contributed by atoms with Crippen LogP contribution in [0.2, 0.25) is 0 Å². The number of carbonyl (C=O) groups is 1. The van der Waals surface area contributed by atoms with Gasteiger partial charge in [-0.1, -0.05) is 38.1 Å². The van der Waals surface area contributed by atoms with Crippen LogP contribution < -0.4 is 4.90 Å². The molecule has 2 heterocycles. The van der Waals surface area contributed by atoms with Gasteiger partial charge in [-0.3, -0.25) is 9.83 Å². The molecule has 2 amide bonds. The highest BCUT2D eigenvalue weighted by Gasteiger charge is 2.49. The highest BCUT2D eigenvalue weighted by molar-refractivity contribution is 6.04. The maximum Gasteiger partial charge on any atom is 0.331 e. The van der Waals surface area contributed by atoms with E-state index in [-0.39, 0.29) is 12.1 Å². The van der Waals surface area contributed by atoms with Crippen molar-refractivity contribution in [2.45, 2.75) is 38.9 Å². The topological polar surface area (TPSA) is 40.8 Å². The number of hydrogen-bond donors (Lipinski definition) is 0. The van der Waals surface area contributed by atoms with Gasteiger partial charge in [-0.15, -0.1) is 0 Å². The van der Waals surface area contributed by atoms with Gasteiger partial charge >= 0.3 is 12.2 Å². The number of pyridine rings is 1. The Morgan fingerprint density at radius 1 is 1.24 bits per heavy atom. The summed E-state index contributed by atoms with van der Waals surface area (Å²) in [5.74, 6) is 1.35. The van der Waals surface area contributed by atoms with Crippen molar-refractivity contribution in [1.29, 1.82) is 0 Å². The molecule has 1 saturated carbocycles. The third kappa shape index (κ3) is 2.53. The smallest absolute Gasteiger partial charge is 0.311 e. The van der Waals surface area contributed by atoms with Gasteiger partial charge in [0.2, 0.25) is 0 Å². The van der Waals surface area contributed by atoms with Gasteiger partial charge < -0.3 is 4.90 Å². The Morgan fingerprint density at radius 3 is 2.72 bits per heavy atom. The molecule has 0 N–H and O–H groups in total. The van der Waals surface area contributed by atoms with E-state index in [0.717, 1.165) is 29.3 Å². The van der Waals surface area contributed by atoms with Crippen molar-refractivity contribution in [3.8, 4) is 0 Å². The van der Waals surface area contributed by atoms with Crippen LogP contribution in [0.3, 0.4) is 0 Å². The summed E-state index contributed by atoms with van der Waals surface area (Å²) in [6.07, 6.45) is 5.13. The minimum Gasteiger partial charge on any atom is -0.311 e. The molecule has 2 aromatic rings. The molecule has 0 spiro atoms. The fraction of sp³-hybridized carbons (Fsp3) is 0.450. The summed E-state index contributed by atoms with van der Waals surface area (Å²) in [5.41, 5.74) is 0.742. The van der Waals surface area contributed by atoms with E-state index in [2.05, 4.69) is 23.7 Å². The van der Waals surface area contributed by atoms with Crippen LogP contribution in [-0.4, -0.2) is 34.7 Å². The highest BCUT2D eigenvalue weighted by Crippen LogP contribution is 2.40. The van der Waals surface area contributed by atoms with Crippen LogP contribution in [0.5, 0.6) is 0 Å². The molecule has 1 aliphatic heterocycles. The summed E-state index contributed by atoms with van der Waals surface area (Å²) in [6, 6.07) is 8.11. The summed E-state index contributed by atoms with van der Waals surface area (Å²) in [4.78, 5) is 24.7. The fourth-order valence-corrected chi connectivity index (χ4v) is 3.99. The monoisotopic (exact) mass is 334 g/mol. The Hall–Kier alpha value is -2.61. The molecule has 1 aromatic carbocycles. The minimum absolute atomic E-state index is 0.0497. The zero-order valence-corrected chi connectivity index (χ0v) is 14.6. The quantitative estimate of drug-likeness (QED) is 0.791. The average molecular weight is 334 g/mol. The molecule has 2 fully saturated rings. The zero-order valence-electron chi connectivity index (χ0n) is 14.6. The summed E-state index contributed by atoms with van der Waals surface area (Å²) in [7, 11) is 0. The maximum absolute atomic E-state index is 13.1. The van der Waals surface area contributed by atoms with E-state index in [4.69, 9.17) is 6.57 Å². The van der Waals surface area contributed by atoms with Crippen molar-refractivity contribution < 1.29 is 4.79 Å². The van der Waals surface area contributed by atoms with E-state index in [1.165, 1.54) is 0 Å². The number of urea groups is 1. The molecule has 1 saturated heterocycles. The van der Waals surface area contributed by atoms with Gasteiger partial charge in [0.25, 0.3) is 0 Å². The van der Waals surface area contributed by atoms with E-state index < -0.39 is 6.17 Å². The summed E-state index contributed by atoms with van der Waals surface area (Å²) in [5, 5.41) is 1.95. The molecule has 2 aliphatic rings. The Kier molecular flexibility index (Phi) is 3.84. The fourth-order valence-electron chi connectivity index (χ4n) is 3.99. The van der Waals surface area contributed by atoms with Gasteiger partial charge in [0.05, 0.1) is 11.9 Å². The SMILES string of the molecule is [C-]#[N+][C@H]1CN(C2CC(C(C)C)C2)C(=O)N1c1cncc2ccccc12. The molecule has 5 heteroatoms. The first kappa shape index (κ1) is 15.9. The van der Waals surface area contributed by atoms with E-state index >= 15 is 0 Å². The first-order chi connectivity index (χ1) is 12.1. The van der Waals surface area contributed by atoms with E-state index in [0.29, 0.717) is 18.4 Å². The van der Waals surface area contributed by atoms with Gasteiger partial charge in [0, 0.05) is 23.0 Å². The van der Waals surface area contributed by atoms with Crippen molar-refractivity contribution in [1.82, 2.24) is 9.88 Å². The predicted octanol–water partition coefficient (Wildman–Crippen LogP) is 4.16. The lowest BCUT2D eigenvalue weighted by Gasteiger charge is -2.42. The summed E-state index contributed by atoms with van der Waals surface area (Å²) < 4.78 is 0. The number of nitrogens with zero attached hydrogens (tertiary/aromatic N) is 4. The van der Waals surface area contributed by atoms with Crippen LogP contribution in [0.15, 0.2) is 36.7 Å². The Balaban J connectivity index is 1.65. The lowest BCUT2D eigenvalue weighted by Crippen LogP contribution is -2.48. The second-order valence-electron chi connectivity index (χ2n) is 7.42. The van der Waals surface area contributed by atoms with Crippen molar-refractivity contribution in [3.63, 3.8) is 0 Å². The number of fused-ring (bicyclic) bond motifs is 1. The summed E-state index contributed by atoms with van der Waals surface area (Å²) >= 11 is 0. The Morgan fingerprint density at radius 2 is 2.00 bits per heavy atom. The maximum atomic E-state index is 13.1. The highest BCUT2D eigenvalue weighted by atomic mass is 16.2. The standard InChI is InChI=1S/C20H22N4O/c1-13(2)15-8-16(9-15)23-12-19(21-3)24(20(23)25)18-11-22-10-14-6-4-5-7-17(14)18/h4-7,10-11,13,15-16,19H,8-9,12H2,1-2H3/t15?,16?,19-/m1/s1. The molecular formula is C20H22N4O. The lowest BCUT2D eigenvalue weighted by atomic mass is 9.73. The van der Waals surface area contributed by atoms with Crippen LogP contribution in [0.1, 0.15) is 26.7 Å². The zero-order chi connectivity index (χ0) is 17.6. The first-order valence-electron chi connectivity index (χ1n) is 8.89. The number of carbonyl (C=O) groups excluding carboxylic acids is 1. The van der Waals surface area contributed by atoms with Crippen molar-refractivity contribution in [3.05, 3.63) is 48.1 Å². The molecule has 0 radical (unpaired) electrons. The molecule has 25 heavy (non-hydrogen) atoms. The van der Waals surface area contributed by atoms with E-state index in [9.17, 15) is 4.79 Å². The van der Waals surface area contributed by atoms with Crippen molar-refractivity contribution in [2.75, 3.05) is 11.4 Å². The van der Waals surface area contributed by atoms with Crippen molar-refractivity contribution >= 4 is 22.5 Å². The van der Waals surface area contributed by atoms with Gasteiger partial charge in [-0.2, -0.15) is 0 Å². The van der Waals surface area contributed by atoms with Crippen molar-refractivity contribution in [2.24, 2.45) is 11.8 Å². The van der Waals surface area contributed by atoms with E-state index in [1.54, 1.807) is 17.3 Å². The molecule has 1 aromatic heterocycles. The molecule has 1 aliphatic carbocycles. The average Bonchev–Trinajstić information content (AvgIpc) is 2.89.